The zero-order valence-electron chi connectivity index (χ0n) is 17.8. The Labute approximate surface area is 194 Å². The number of anilines is 1. The van der Waals surface area contributed by atoms with E-state index < -0.39 is 0 Å². The molecule has 1 N–H and O–H groups in total. The number of hydrogen-bond donors (Lipinski definition) is 1. The second kappa shape index (κ2) is 10.1. The van der Waals surface area contributed by atoms with Crippen LogP contribution in [0, 0.1) is 13.8 Å². The topological polar surface area (TPSA) is 85.6 Å². The number of aromatic nitrogens is 5. The molecule has 3 aromatic heterocycles. The number of aryl methyl sites for hydroxylation is 1. The minimum Gasteiger partial charge on any atom is -0.300 e. The van der Waals surface area contributed by atoms with Crippen molar-refractivity contribution in [3.63, 3.8) is 0 Å². The maximum atomic E-state index is 12.5. The smallest absolute Gasteiger partial charge is 0.236 e. The van der Waals surface area contributed by atoms with Crippen LogP contribution in [0.25, 0.3) is 11.4 Å². The zero-order valence-corrected chi connectivity index (χ0v) is 20.2. The zero-order chi connectivity index (χ0) is 21.8. The lowest BCUT2D eigenvalue weighted by atomic mass is 9.90. The molecule has 10 heteroatoms. The Kier molecular flexibility index (Phi) is 7.19. The fraction of sp³-hybridized carbons (Fsp3) is 0.476. The lowest BCUT2D eigenvalue weighted by Gasteiger charge is -2.18. The van der Waals surface area contributed by atoms with Crippen LogP contribution in [-0.2, 0) is 11.3 Å². The molecule has 3 aromatic rings. The van der Waals surface area contributed by atoms with E-state index >= 15 is 0 Å². The Morgan fingerprint density at radius 1 is 1.26 bits per heavy atom. The van der Waals surface area contributed by atoms with E-state index in [2.05, 4.69) is 51.5 Å². The average molecular weight is 475 g/mol. The molecule has 0 unspecified atom stereocenters. The largest absolute Gasteiger partial charge is 0.300 e. The molecule has 0 aliphatic heterocycles. The first-order valence-electron chi connectivity index (χ1n) is 10.4. The van der Waals surface area contributed by atoms with Crippen LogP contribution in [0.1, 0.15) is 53.5 Å². The predicted octanol–water partition coefficient (Wildman–Crippen LogP) is 5.44. The van der Waals surface area contributed by atoms with E-state index in [1.165, 1.54) is 65.6 Å². The molecule has 1 aliphatic carbocycles. The van der Waals surface area contributed by atoms with Gasteiger partial charge in [-0.2, -0.15) is 0 Å². The van der Waals surface area contributed by atoms with Gasteiger partial charge in [-0.3, -0.25) is 14.7 Å². The van der Waals surface area contributed by atoms with Crippen LogP contribution < -0.4 is 5.32 Å². The lowest BCUT2D eigenvalue weighted by molar-refractivity contribution is -0.113. The predicted molar refractivity (Wildman–Crippen MR) is 128 cm³/mol. The highest BCUT2D eigenvalue weighted by Gasteiger charge is 2.21. The fourth-order valence-corrected chi connectivity index (χ4v) is 6.25. The monoisotopic (exact) mass is 474 g/mol. The first-order valence-corrected chi connectivity index (χ1v) is 13.1. The maximum Gasteiger partial charge on any atom is 0.236 e. The molecule has 0 bridgehead atoms. The van der Waals surface area contributed by atoms with Crippen LogP contribution >= 0.6 is 34.4 Å². The molecule has 1 amide bonds. The third-order valence-corrected chi connectivity index (χ3v) is 8.51. The summed E-state index contributed by atoms with van der Waals surface area (Å²) < 4.78 is 2.01. The van der Waals surface area contributed by atoms with Gasteiger partial charge in [0.1, 0.15) is 5.01 Å². The molecule has 0 atom stereocenters. The summed E-state index contributed by atoms with van der Waals surface area (Å²) in [7, 11) is 0. The lowest BCUT2D eigenvalue weighted by Crippen LogP contribution is -2.14. The highest BCUT2D eigenvalue weighted by atomic mass is 32.2. The molecule has 0 aromatic carbocycles. The van der Waals surface area contributed by atoms with Crippen LogP contribution in [0.2, 0.25) is 0 Å². The van der Waals surface area contributed by atoms with Gasteiger partial charge < -0.3 is 0 Å². The van der Waals surface area contributed by atoms with Crippen molar-refractivity contribution in [2.45, 2.75) is 63.6 Å². The minimum absolute atomic E-state index is 0.117. The third-order valence-electron chi connectivity index (χ3n) is 5.53. The number of nitrogens with one attached hydrogen (secondary N) is 1. The Hall–Kier alpha value is -2.04. The number of allylic oxidation sites excluding steroid dienone is 1. The molecule has 164 valence electrons. The third kappa shape index (κ3) is 5.07. The highest BCUT2D eigenvalue weighted by molar-refractivity contribution is 7.99. The second-order valence-corrected chi connectivity index (χ2v) is 10.7. The van der Waals surface area contributed by atoms with Crippen molar-refractivity contribution in [3.05, 3.63) is 33.5 Å². The summed E-state index contributed by atoms with van der Waals surface area (Å²) in [6.45, 7) is 8.64. The SMILES string of the molecule is C=CCn1c(SCC(=O)Nc2nnc(C3CCCCC3)s2)nnc1-c1csc(C)c1C. The van der Waals surface area contributed by atoms with Crippen LogP contribution in [0.5, 0.6) is 0 Å². The molecular weight excluding hydrogens is 448 g/mol. The van der Waals surface area contributed by atoms with Crippen molar-refractivity contribution in [1.82, 2.24) is 25.0 Å². The van der Waals surface area contributed by atoms with Crippen LogP contribution in [0.4, 0.5) is 5.13 Å². The van der Waals surface area contributed by atoms with E-state index in [1.807, 2.05) is 10.6 Å². The van der Waals surface area contributed by atoms with Gasteiger partial charge in [-0.05, 0) is 32.3 Å². The van der Waals surface area contributed by atoms with Gasteiger partial charge in [0.25, 0.3) is 0 Å². The van der Waals surface area contributed by atoms with E-state index in [0.717, 1.165) is 16.4 Å². The van der Waals surface area contributed by atoms with Gasteiger partial charge in [0.05, 0.1) is 5.75 Å². The summed E-state index contributed by atoms with van der Waals surface area (Å²) in [4.78, 5) is 13.8. The number of amides is 1. The number of nitrogens with zero attached hydrogens (tertiary/aromatic N) is 5. The van der Waals surface area contributed by atoms with Gasteiger partial charge in [0, 0.05) is 28.3 Å². The molecule has 7 nitrogen and oxygen atoms in total. The quantitative estimate of drug-likeness (QED) is 0.346. The molecule has 4 rings (SSSR count). The standard InChI is InChI=1S/C21H26N6OS3/c1-4-10-27-18(16-11-29-14(3)13(16)2)23-26-21(27)30-12-17(28)22-20-25-24-19(31-20)15-8-6-5-7-9-15/h4,11,15H,1,5-10,12H2,2-3H3,(H,22,25,28). The summed E-state index contributed by atoms with van der Waals surface area (Å²) in [5.41, 5.74) is 2.29. The number of carbonyl (C=O) groups is 1. The van der Waals surface area contributed by atoms with Crippen LogP contribution in [0.15, 0.2) is 23.2 Å². The van der Waals surface area contributed by atoms with Gasteiger partial charge in [-0.15, -0.1) is 38.3 Å². The molecular formula is C21H26N6OS3. The first kappa shape index (κ1) is 22.2. The van der Waals surface area contributed by atoms with Crippen molar-refractivity contribution in [2.75, 3.05) is 11.1 Å². The molecule has 1 fully saturated rings. The van der Waals surface area contributed by atoms with E-state index in [0.29, 0.717) is 22.8 Å². The number of thiophene rings is 1. The Morgan fingerprint density at radius 3 is 2.77 bits per heavy atom. The number of carbonyl (C=O) groups excluding carboxylic acids is 1. The molecule has 31 heavy (non-hydrogen) atoms. The van der Waals surface area contributed by atoms with Gasteiger partial charge in [0.15, 0.2) is 11.0 Å². The Bertz CT molecular complexity index is 1060. The summed E-state index contributed by atoms with van der Waals surface area (Å²) in [5, 5.41) is 24.5. The van der Waals surface area contributed by atoms with E-state index in [4.69, 9.17) is 0 Å². The van der Waals surface area contributed by atoms with Gasteiger partial charge in [-0.1, -0.05) is 48.4 Å². The maximum absolute atomic E-state index is 12.5. The summed E-state index contributed by atoms with van der Waals surface area (Å²) >= 11 is 4.57. The fourth-order valence-electron chi connectivity index (χ4n) is 3.71. The summed E-state index contributed by atoms with van der Waals surface area (Å²) in [6, 6.07) is 0. The van der Waals surface area contributed by atoms with Crippen molar-refractivity contribution in [2.24, 2.45) is 0 Å². The number of rotatable bonds is 8. The Balaban J connectivity index is 1.40. The second-order valence-electron chi connectivity index (χ2n) is 7.65. The van der Waals surface area contributed by atoms with Crippen LogP contribution in [-0.4, -0.2) is 36.6 Å². The van der Waals surface area contributed by atoms with Gasteiger partial charge in [0.2, 0.25) is 11.0 Å². The minimum atomic E-state index is -0.117. The van der Waals surface area contributed by atoms with Crippen molar-refractivity contribution in [3.8, 4) is 11.4 Å². The Morgan fingerprint density at radius 2 is 2.06 bits per heavy atom. The average Bonchev–Trinajstić information content (AvgIpc) is 3.48. The normalized spacial score (nSPS) is 14.6. The number of hydrogen-bond acceptors (Lipinski definition) is 8. The van der Waals surface area contributed by atoms with Crippen molar-refractivity contribution >= 4 is 45.5 Å². The molecule has 0 spiro atoms. The number of thioether (sulfide) groups is 1. The summed E-state index contributed by atoms with van der Waals surface area (Å²) in [5.74, 6) is 1.42. The highest BCUT2D eigenvalue weighted by Crippen LogP contribution is 2.35. The molecule has 0 saturated heterocycles. The van der Waals surface area contributed by atoms with E-state index in [-0.39, 0.29) is 11.7 Å². The van der Waals surface area contributed by atoms with Gasteiger partial charge >= 0.3 is 0 Å². The van der Waals surface area contributed by atoms with E-state index in [1.54, 1.807) is 11.3 Å². The molecule has 0 radical (unpaired) electrons. The van der Waals surface area contributed by atoms with Crippen LogP contribution in [0.3, 0.4) is 0 Å². The summed E-state index contributed by atoms with van der Waals surface area (Å²) in [6.07, 6.45) is 7.96. The van der Waals surface area contributed by atoms with E-state index in [9.17, 15) is 4.79 Å². The van der Waals surface area contributed by atoms with Crippen molar-refractivity contribution in [1.29, 1.82) is 0 Å². The molecule has 3 heterocycles. The van der Waals surface area contributed by atoms with Gasteiger partial charge in [-0.25, -0.2) is 0 Å². The molecule has 1 aliphatic rings. The van der Waals surface area contributed by atoms with Crippen molar-refractivity contribution < 1.29 is 4.79 Å². The first-order chi connectivity index (χ1) is 15.1. The molecule has 1 saturated carbocycles.